The van der Waals surface area contributed by atoms with Crippen LogP contribution in [0.15, 0.2) is 12.1 Å². The number of aromatic carboxylic acids is 1. The molecule has 116 valence electrons. The molecule has 0 atom stereocenters. The van der Waals surface area contributed by atoms with Gasteiger partial charge in [-0.1, -0.05) is 11.6 Å². The van der Waals surface area contributed by atoms with E-state index in [1.54, 1.807) is 0 Å². The fourth-order valence-corrected chi connectivity index (χ4v) is 1.75. The molecule has 0 saturated heterocycles. The van der Waals surface area contributed by atoms with E-state index in [1.165, 1.54) is 0 Å². The van der Waals surface area contributed by atoms with Crippen LogP contribution < -0.4 is 4.74 Å². The van der Waals surface area contributed by atoms with Gasteiger partial charge in [0.2, 0.25) is 0 Å². The number of hydrogen-bond acceptors (Lipinski definition) is 5. The molecule has 0 saturated carbocycles. The van der Waals surface area contributed by atoms with Gasteiger partial charge in [0.1, 0.15) is 12.2 Å². The van der Waals surface area contributed by atoms with E-state index in [2.05, 4.69) is 0 Å². The minimum Gasteiger partial charge on any atom is -0.489 e. The Morgan fingerprint density at radius 3 is 2.48 bits per heavy atom. The summed E-state index contributed by atoms with van der Waals surface area (Å²) < 4.78 is 10.7. The lowest BCUT2D eigenvalue weighted by Crippen LogP contribution is -2.22. The predicted molar refractivity (Wildman–Crippen MR) is 76.3 cm³/mol. The molecular formula is C13H16ClNO6. The Morgan fingerprint density at radius 2 is 2.00 bits per heavy atom. The van der Waals surface area contributed by atoms with Crippen LogP contribution in [0.1, 0.15) is 31.1 Å². The fourth-order valence-electron chi connectivity index (χ4n) is 1.48. The molecule has 1 N–H and O–H groups in total. The van der Waals surface area contributed by atoms with Crippen molar-refractivity contribution in [3.63, 3.8) is 0 Å². The van der Waals surface area contributed by atoms with Crippen molar-refractivity contribution in [3.05, 3.63) is 32.8 Å². The maximum atomic E-state index is 11.1. The highest BCUT2D eigenvalue weighted by atomic mass is 35.5. The molecule has 0 unspecified atom stereocenters. The Kier molecular flexibility index (Phi) is 5.51. The van der Waals surface area contributed by atoms with Crippen molar-refractivity contribution in [2.45, 2.75) is 26.4 Å². The van der Waals surface area contributed by atoms with Crippen LogP contribution in [0.5, 0.6) is 5.75 Å². The van der Waals surface area contributed by atoms with Gasteiger partial charge in [0.15, 0.2) is 5.75 Å². The Balaban J connectivity index is 2.91. The number of carboxylic acid groups (broad SMARTS) is 1. The topological polar surface area (TPSA) is 98.9 Å². The second-order valence-corrected chi connectivity index (χ2v) is 5.58. The summed E-state index contributed by atoms with van der Waals surface area (Å²) in [7, 11) is 0. The van der Waals surface area contributed by atoms with Crippen LogP contribution in [0.4, 0.5) is 5.69 Å². The largest absolute Gasteiger partial charge is 0.489 e. The molecule has 0 aliphatic rings. The molecule has 7 nitrogen and oxygen atoms in total. The van der Waals surface area contributed by atoms with Crippen LogP contribution in [-0.2, 0) is 4.74 Å². The minimum absolute atomic E-state index is 0.0785. The first kappa shape index (κ1) is 17.2. The van der Waals surface area contributed by atoms with Gasteiger partial charge >= 0.3 is 5.97 Å². The summed E-state index contributed by atoms with van der Waals surface area (Å²) in [5, 5.41) is 19.7. The second kappa shape index (κ2) is 6.73. The normalized spacial score (nSPS) is 11.2. The molecule has 0 aromatic heterocycles. The molecular weight excluding hydrogens is 302 g/mol. The third-order valence-corrected chi connectivity index (χ3v) is 2.62. The van der Waals surface area contributed by atoms with Crippen molar-refractivity contribution >= 4 is 23.3 Å². The van der Waals surface area contributed by atoms with Crippen molar-refractivity contribution < 1.29 is 24.3 Å². The monoisotopic (exact) mass is 317 g/mol. The minimum atomic E-state index is -1.35. The van der Waals surface area contributed by atoms with Gasteiger partial charge in [0.05, 0.1) is 22.2 Å². The standard InChI is InChI=1S/C13H16ClNO6/c1-13(2,3)21-5-4-20-11-9(12(16)17)6-8(15(18)19)7-10(11)14/h6-7H,4-5H2,1-3H3,(H,16,17). The lowest BCUT2D eigenvalue weighted by molar-refractivity contribution is -0.384. The van der Waals surface area contributed by atoms with Crippen molar-refractivity contribution in [2.24, 2.45) is 0 Å². The summed E-state index contributed by atoms with van der Waals surface area (Å²) in [6.45, 7) is 5.92. The molecule has 0 aliphatic heterocycles. The third kappa shape index (κ3) is 5.20. The Morgan fingerprint density at radius 1 is 1.38 bits per heavy atom. The SMILES string of the molecule is CC(C)(C)OCCOc1c(Cl)cc([N+](=O)[O-])cc1C(=O)O. The number of rotatable bonds is 6. The first-order valence-corrected chi connectivity index (χ1v) is 6.47. The van der Waals surface area contributed by atoms with Crippen molar-refractivity contribution in [2.75, 3.05) is 13.2 Å². The van der Waals surface area contributed by atoms with E-state index in [-0.39, 0.29) is 35.2 Å². The summed E-state index contributed by atoms with van der Waals surface area (Å²) in [6, 6.07) is 1.96. The maximum absolute atomic E-state index is 11.1. The zero-order valence-corrected chi connectivity index (χ0v) is 12.6. The number of carboxylic acids is 1. The van der Waals surface area contributed by atoms with Crippen LogP contribution in [0.2, 0.25) is 5.02 Å². The highest BCUT2D eigenvalue weighted by molar-refractivity contribution is 6.32. The molecule has 8 heteroatoms. The van der Waals surface area contributed by atoms with E-state index in [0.29, 0.717) is 0 Å². The fraction of sp³-hybridized carbons (Fsp3) is 0.462. The highest BCUT2D eigenvalue weighted by Gasteiger charge is 2.21. The molecule has 0 bridgehead atoms. The molecule has 1 rings (SSSR count). The van der Waals surface area contributed by atoms with Crippen LogP contribution >= 0.6 is 11.6 Å². The maximum Gasteiger partial charge on any atom is 0.339 e. The first-order chi connectivity index (χ1) is 9.61. The quantitative estimate of drug-likeness (QED) is 0.491. The third-order valence-electron chi connectivity index (χ3n) is 2.33. The van der Waals surface area contributed by atoms with E-state index >= 15 is 0 Å². The molecule has 21 heavy (non-hydrogen) atoms. The van der Waals surface area contributed by atoms with Crippen LogP contribution in [0, 0.1) is 10.1 Å². The summed E-state index contributed by atoms with van der Waals surface area (Å²) in [5.41, 5.74) is -1.11. The van der Waals surface area contributed by atoms with E-state index in [1.807, 2.05) is 20.8 Å². The number of halogens is 1. The molecule has 0 amide bonds. The van der Waals surface area contributed by atoms with Gasteiger partial charge in [0.25, 0.3) is 5.69 Å². The number of ether oxygens (including phenoxy) is 2. The molecule has 0 radical (unpaired) electrons. The number of hydrogen-bond donors (Lipinski definition) is 1. The average molecular weight is 318 g/mol. The summed E-state index contributed by atoms with van der Waals surface area (Å²) in [6.07, 6.45) is 0. The first-order valence-electron chi connectivity index (χ1n) is 6.10. The zero-order valence-electron chi connectivity index (χ0n) is 11.9. The number of nitro groups is 1. The Labute approximate surface area is 126 Å². The Hall–Kier alpha value is -1.86. The number of nitro benzene ring substituents is 1. The number of non-ortho nitro benzene ring substituents is 1. The van der Waals surface area contributed by atoms with E-state index in [0.717, 1.165) is 12.1 Å². The Bertz CT molecular complexity index is 552. The van der Waals surface area contributed by atoms with Crippen LogP contribution in [0.3, 0.4) is 0 Å². The van der Waals surface area contributed by atoms with Gasteiger partial charge < -0.3 is 14.6 Å². The predicted octanol–water partition coefficient (Wildman–Crippen LogP) is 3.14. The molecule has 0 spiro atoms. The second-order valence-electron chi connectivity index (χ2n) is 5.18. The van der Waals surface area contributed by atoms with Gasteiger partial charge in [-0.05, 0) is 20.8 Å². The summed E-state index contributed by atoms with van der Waals surface area (Å²) in [4.78, 5) is 21.1. The highest BCUT2D eigenvalue weighted by Crippen LogP contribution is 2.33. The molecule has 0 aliphatic carbocycles. The lowest BCUT2D eigenvalue weighted by atomic mass is 10.2. The number of nitrogens with zero attached hydrogens (tertiary/aromatic N) is 1. The van der Waals surface area contributed by atoms with Crippen LogP contribution in [0.25, 0.3) is 0 Å². The van der Waals surface area contributed by atoms with Crippen LogP contribution in [-0.4, -0.2) is 34.8 Å². The van der Waals surface area contributed by atoms with Gasteiger partial charge in [0, 0.05) is 12.1 Å². The smallest absolute Gasteiger partial charge is 0.339 e. The summed E-state index contributed by atoms with van der Waals surface area (Å²) >= 11 is 5.86. The van der Waals surface area contributed by atoms with Crippen molar-refractivity contribution in [1.29, 1.82) is 0 Å². The van der Waals surface area contributed by atoms with Gasteiger partial charge in [-0.3, -0.25) is 10.1 Å². The molecule has 1 aromatic rings. The number of carbonyl (C=O) groups is 1. The number of benzene rings is 1. The van der Waals surface area contributed by atoms with E-state index in [9.17, 15) is 14.9 Å². The lowest BCUT2D eigenvalue weighted by Gasteiger charge is -2.20. The van der Waals surface area contributed by atoms with Gasteiger partial charge in [-0.2, -0.15) is 0 Å². The molecule has 0 fully saturated rings. The van der Waals surface area contributed by atoms with Gasteiger partial charge in [-0.15, -0.1) is 0 Å². The van der Waals surface area contributed by atoms with E-state index < -0.39 is 16.6 Å². The van der Waals surface area contributed by atoms with Gasteiger partial charge in [-0.25, -0.2) is 4.79 Å². The van der Waals surface area contributed by atoms with Crippen molar-refractivity contribution in [3.8, 4) is 5.75 Å². The average Bonchev–Trinajstić information content (AvgIpc) is 2.33. The summed E-state index contributed by atoms with van der Waals surface area (Å²) in [5.74, 6) is -1.46. The molecule has 1 aromatic carbocycles. The molecule has 0 heterocycles. The zero-order chi connectivity index (χ0) is 16.2. The van der Waals surface area contributed by atoms with E-state index in [4.69, 9.17) is 26.2 Å². The van der Waals surface area contributed by atoms with Crippen molar-refractivity contribution in [1.82, 2.24) is 0 Å².